The molecule has 27 heavy (non-hydrogen) atoms. The summed E-state index contributed by atoms with van der Waals surface area (Å²) in [5.41, 5.74) is 1.06. The first-order valence-electron chi connectivity index (χ1n) is 10.9. The van der Waals surface area contributed by atoms with E-state index in [1.54, 1.807) is 0 Å². The summed E-state index contributed by atoms with van der Waals surface area (Å²) in [7, 11) is 2.30. The molecule has 2 N–H and O–H groups in total. The van der Waals surface area contributed by atoms with E-state index in [-0.39, 0.29) is 0 Å². The Labute approximate surface area is 164 Å². The average Bonchev–Trinajstić information content (AvgIpc) is 3.10. The molecule has 0 radical (unpaired) electrons. The number of guanidine groups is 1. The minimum absolute atomic E-state index is 0.483. The van der Waals surface area contributed by atoms with Crippen LogP contribution in [0.2, 0.25) is 0 Å². The van der Waals surface area contributed by atoms with Gasteiger partial charge in [0.25, 0.3) is 0 Å². The maximum absolute atomic E-state index is 5.52. The lowest BCUT2D eigenvalue weighted by molar-refractivity contribution is 0.0526. The lowest BCUT2D eigenvalue weighted by Gasteiger charge is -2.47. The van der Waals surface area contributed by atoms with Crippen molar-refractivity contribution in [1.29, 1.82) is 0 Å². The summed E-state index contributed by atoms with van der Waals surface area (Å²) in [6.07, 6.45) is 8.64. The molecule has 3 rings (SSSR count). The molecule has 1 aromatic heterocycles. The van der Waals surface area contributed by atoms with Gasteiger partial charge < -0.3 is 20.1 Å². The molecule has 0 aromatic carbocycles. The van der Waals surface area contributed by atoms with Crippen molar-refractivity contribution >= 4 is 5.96 Å². The normalized spacial score (nSPS) is 26.4. The Morgan fingerprint density at radius 2 is 1.96 bits per heavy atom. The first-order valence-corrected chi connectivity index (χ1v) is 10.9. The zero-order valence-electron chi connectivity index (χ0n) is 17.5. The van der Waals surface area contributed by atoms with E-state index >= 15 is 0 Å². The highest BCUT2D eigenvalue weighted by Crippen LogP contribution is 2.32. The summed E-state index contributed by atoms with van der Waals surface area (Å²) in [5, 5.41) is 11.3. The number of piperidine rings is 2. The minimum atomic E-state index is 0.483. The van der Waals surface area contributed by atoms with Crippen LogP contribution >= 0.6 is 0 Å². The van der Waals surface area contributed by atoms with Crippen molar-refractivity contribution in [1.82, 2.24) is 20.7 Å². The molecular weight excluding hydrogens is 338 g/mol. The maximum Gasteiger partial charge on any atom is 0.191 e. The van der Waals surface area contributed by atoms with E-state index in [0.717, 1.165) is 48.9 Å². The Bertz CT molecular complexity index is 595. The summed E-state index contributed by atoms with van der Waals surface area (Å²) in [5.74, 6) is 2.22. The van der Waals surface area contributed by atoms with Crippen LogP contribution in [0.4, 0.5) is 0 Å². The Balaban J connectivity index is 1.60. The van der Waals surface area contributed by atoms with Gasteiger partial charge in [0.1, 0.15) is 6.54 Å². The first kappa shape index (κ1) is 20.2. The largest absolute Gasteiger partial charge is 0.359 e. The van der Waals surface area contributed by atoms with Gasteiger partial charge >= 0.3 is 0 Å². The van der Waals surface area contributed by atoms with Crippen molar-refractivity contribution in [3.05, 3.63) is 17.5 Å². The number of nitrogens with one attached hydrogen (secondary N) is 2. The second-order valence-corrected chi connectivity index (χ2v) is 8.14. The molecule has 2 unspecified atom stereocenters. The molecule has 152 valence electrons. The van der Waals surface area contributed by atoms with Gasteiger partial charge in [0, 0.05) is 36.7 Å². The number of nitrogens with zero attached hydrogens (tertiary/aromatic N) is 3. The van der Waals surface area contributed by atoms with Crippen LogP contribution in [0.1, 0.15) is 83.1 Å². The molecule has 2 atom stereocenters. The SMILES string of the molecule is CCNC(=NCc1cc(C(CC)CC)no1)NC1CC2CCCC(C1)N2C. The second-order valence-electron chi connectivity index (χ2n) is 8.14. The third-order valence-electron chi connectivity index (χ3n) is 6.40. The first-order chi connectivity index (χ1) is 13.1. The van der Waals surface area contributed by atoms with E-state index in [1.807, 2.05) is 0 Å². The van der Waals surface area contributed by atoms with Gasteiger partial charge in [-0.05, 0) is 52.5 Å². The Kier molecular flexibility index (Phi) is 7.16. The molecule has 2 aliphatic rings. The highest BCUT2D eigenvalue weighted by atomic mass is 16.5. The molecule has 3 heterocycles. The highest BCUT2D eigenvalue weighted by Gasteiger charge is 2.36. The number of hydrogen-bond acceptors (Lipinski definition) is 4. The van der Waals surface area contributed by atoms with E-state index in [2.05, 4.69) is 54.6 Å². The van der Waals surface area contributed by atoms with Crippen LogP contribution in [0.3, 0.4) is 0 Å². The van der Waals surface area contributed by atoms with Crippen LogP contribution in [0.25, 0.3) is 0 Å². The molecule has 0 spiro atoms. The molecule has 0 saturated carbocycles. The number of hydrogen-bond donors (Lipinski definition) is 2. The van der Waals surface area contributed by atoms with Gasteiger partial charge in [-0.2, -0.15) is 0 Å². The van der Waals surface area contributed by atoms with E-state index < -0.39 is 0 Å². The number of aliphatic imine (C=N–C) groups is 1. The summed E-state index contributed by atoms with van der Waals surface area (Å²) >= 11 is 0. The van der Waals surface area contributed by atoms with E-state index in [9.17, 15) is 0 Å². The van der Waals surface area contributed by atoms with Crippen molar-refractivity contribution in [2.24, 2.45) is 4.99 Å². The molecule has 2 fully saturated rings. The molecule has 2 saturated heterocycles. The number of rotatable bonds is 7. The van der Waals surface area contributed by atoms with Crippen molar-refractivity contribution in [2.75, 3.05) is 13.6 Å². The smallest absolute Gasteiger partial charge is 0.191 e. The lowest BCUT2D eigenvalue weighted by atomic mass is 9.82. The lowest BCUT2D eigenvalue weighted by Crippen LogP contribution is -2.56. The number of aromatic nitrogens is 1. The maximum atomic E-state index is 5.52. The van der Waals surface area contributed by atoms with Gasteiger partial charge in [-0.1, -0.05) is 25.4 Å². The summed E-state index contributed by atoms with van der Waals surface area (Å²) in [6, 6.07) is 4.01. The predicted octanol–water partition coefficient (Wildman–Crippen LogP) is 3.65. The predicted molar refractivity (Wildman–Crippen MR) is 110 cm³/mol. The van der Waals surface area contributed by atoms with Crippen LogP contribution < -0.4 is 10.6 Å². The fourth-order valence-corrected chi connectivity index (χ4v) is 4.71. The van der Waals surface area contributed by atoms with Gasteiger partial charge in [-0.15, -0.1) is 0 Å². The zero-order valence-corrected chi connectivity index (χ0v) is 17.5. The van der Waals surface area contributed by atoms with Gasteiger partial charge in [0.05, 0.1) is 5.69 Å². The quantitative estimate of drug-likeness (QED) is 0.562. The van der Waals surface area contributed by atoms with Crippen molar-refractivity contribution < 1.29 is 4.52 Å². The monoisotopic (exact) mass is 375 g/mol. The summed E-state index contributed by atoms with van der Waals surface area (Å²) in [4.78, 5) is 7.36. The van der Waals surface area contributed by atoms with Crippen LogP contribution in [-0.2, 0) is 6.54 Å². The third kappa shape index (κ3) is 5.03. The van der Waals surface area contributed by atoms with E-state index in [4.69, 9.17) is 9.52 Å². The summed E-state index contributed by atoms with van der Waals surface area (Å²) < 4.78 is 5.52. The Morgan fingerprint density at radius 1 is 1.26 bits per heavy atom. The molecule has 6 heteroatoms. The van der Waals surface area contributed by atoms with Gasteiger partial charge in [-0.3, -0.25) is 0 Å². The molecule has 0 amide bonds. The van der Waals surface area contributed by atoms with Crippen LogP contribution in [-0.4, -0.2) is 47.7 Å². The topological polar surface area (TPSA) is 65.7 Å². The molecule has 6 nitrogen and oxygen atoms in total. The standard InChI is InChI=1S/C21H37N5O/c1-5-15(6-2)20-13-19(27-25-20)14-23-21(22-7-3)24-16-11-17-9-8-10-18(12-16)26(17)4/h13,15-18H,5-12,14H2,1-4H3,(H2,22,23,24). The highest BCUT2D eigenvalue weighted by molar-refractivity contribution is 5.80. The van der Waals surface area contributed by atoms with Crippen molar-refractivity contribution in [3.8, 4) is 0 Å². The Hall–Kier alpha value is -1.56. The van der Waals surface area contributed by atoms with E-state index in [1.165, 1.54) is 32.1 Å². The van der Waals surface area contributed by atoms with Gasteiger partial charge in [0.15, 0.2) is 11.7 Å². The molecular formula is C21H37N5O. The molecule has 0 aliphatic carbocycles. The molecule has 2 bridgehead atoms. The van der Waals surface area contributed by atoms with Gasteiger partial charge in [-0.25, -0.2) is 4.99 Å². The van der Waals surface area contributed by atoms with Crippen molar-refractivity contribution in [3.63, 3.8) is 0 Å². The van der Waals surface area contributed by atoms with Crippen LogP contribution in [0.5, 0.6) is 0 Å². The van der Waals surface area contributed by atoms with Crippen LogP contribution in [0, 0.1) is 0 Å². The van der Waals surface area contributed by atoms with Crippen LogP contribution in [0.15, 0.2) is 15.6 Å². The minimum Gasteiger partial charge on any atom is -0.359 e. The average molecular weight is 376 g/mol. The van der Waals surface area contributed by atoms with E-state index in [0.29, 0.717) is 18.5 Å². The number of fused-ring (bicyclic) bond motifs is 2. The van der Waals surface area contributed by atoms with Gasteiger partial charge in [0.2, 0.25) is 0 Å². The fraction of sp³-hybridized carbons (Fsp3) is 0.810. The van der Waals surface area contributed by atoms with Crippen molar-refractivity contribution in [2.45, 2.75) is 96.3 Å². The zero-order chi connectivity index (χ0) is 19.2. The molecule has 2 aliphatic heterocycles. The molecule has 1 aromatic rings. The fourth-order valence-electron chi connectivity index (χ4n) is 4.71. The Morgan fingerprint density at radius 3 is 2.59 bits per heavy atom. The second kappa shape index (κ2) is 9.58. The third-order valence-corrected chi connectivity index (χ3v) is 6.40. The summed E-state index contributed by atoms with van der Waals surface area (Å²) in [6.45, 7) is 7.90.